The average molecular weight is 444 g/mol. The lowest BCUT2D eigenvalue weighted by atomic mass is 9.70. The summed E-state index contributed by atoms with van der Waals surface area (Å²) < 4.78 is -0.277. The smallest absolute Gasteiger partial charge is 0.281 e. The van der Waals surface area contributed by atoms with Crippen LogP contribution in [-0.2, 0) is 0 Å². The molecule has 0 amide bonds. The molecule has 2 aromatic carbocycles. The Balaban J connectivity index is 1.57. The zero-order chi connectivity index (χ0) is 23.4. The minimum Gasteiger partial charge on any atom is -0.390 e. The number of aliphatic hydroxyl groups is 1. The zero-order valence-electron chi connectivity index (χ0n) is 17.9. The number of aliphatic imine (C=N–C) groups is 2. The van der Waals surface area contributed by atoms with Crippen LogP contribution in [0.4, 0.5) is 5.69 Å². The molecule has 9 nitrogen and oxygen atoms in total. The summed E-state index contributed by atoms with van der Waals surface area (Å²) in [6.07, 6.45) is 5.95. The number of ketones is 1. The predicted molar refractivity (Wildman–Crippen MR) is 122 cm³/mol. The fourth-order valence-corrected chi connectivity index (χ4v) is 4.66. The first kappa shape index (κ1) is 21.1. The number of allylic oxidation sites excluding steroid dienone is 2. The number of nitro groups is 1. The first-order valence-corrected chi connectivity index (χ1v) is 10.5. The van der Waals surface area contributed by atoms with E-state index in [9.17, 15) is 20.0 Å². The highest BCUT2D eigenvalue weighted by molar-refractivity contribution is 6.12. The van der Waals surface area contributed by atoms with Crippen molar-refractivity contribution >= 4 is 23.5 Å². The lowest BCUT2D eigenvalue weighted by molar-refractivity contribution is -0.750. The molecule has 1 unspecified atom stereocenters. The summed E-state index contributed by atoms with van der Waals surface area (Å²) in [6, 6.07) is 12.9. The maximum Gasteiger partial charge on any atom is 0.281 e. The Morgan fingerprint density at radius 2 is 1.97 bits per heavy atom. The van der Waals surface area contributed by atoms with Crippen LogP contribution in [0.5, 0.6) is 0 Å². The van der Waals surface area contributed by atoms with Gasteiger partial charge in [0.2, 0.25) is 5.70 Å². The number of nitrogens with zero attached hydrogens (tertiary/aromatic N) is 4. The molecule has 0 bridgehead atoms. The third kappa shape index (κ3) is 3.43. The van der Waals surface area contributed by atoms with Gasteiger partial charge in [-0.3, -0.25) is 19.9 Å². The molecule has 5 rings (SSSR count). The SMILES string of the molecule is CC1(O)CC(C2=C3C=NC=C[N+]3(N)C(c3ccc(C(=O)c4ccccc4)c([N+](=O)[O-])c3)=N2)C1. The lowest BCUT2D eigenvalue weighted by Gasteiger charge is -2.40. The summed E-state index contributed by atoms with van der Waals surface area (Å²) in [5.74, 6) is 6.68. The van der Waals surface area contributed by atoms with Gasteiger partial charge in [0.15, 0.2) is 5.78 Å². The molecule has 1 atom stereocenters. The maximum atomic E-state index is 12.9. The second-order valence-corrected chi connectivity index (χ2v) is 8.85. The number of amidine groups is 1. The molecule has 3 aliphatic rings. The highest BCUT2D eigenvalue weighted by Crippen LogP contribution is 2.46. The number of fused-ring (bicyclic) bond motifs is 1. The number of carbonyl (C=O) groups is 1. The van der Waals surface area contributed by atoms with Crippen molar-refractivity contribution in [1.29, 1.82) is 0 Å². The summed E-state index contributed by atoms with van der Waals surface area (Å²) >= 11 is 0. The van der Waals surface area contributed by atoms with Crippen molar-refractivity contribution in [1.82, 2.24) is 0 Å². The number of hydrogen-bond donors (Lipinski definition) is 2. The van der Waals surface area contributed by atoms with E-state index in [-0.39, 0.29) is 21.8 Å². The van der Waals surface area contributed by atoms with Crippen molar-refractivity contribution in [3.05, 3.63) is 99.1 Å². The van der Waals surface area contributed by atoms with Gasteiger partial charge in [0.1, 0.15) is 17.5 Å². The van der Waals surface area contributed by atoms with Crippen LogP contribution in [0.15, 0.2) is 82.3 Å². The molecular weight excluding hydrogens is 422 g/mol. The number of hydrogen-bond acceptors (Lipinski definition) is 7. The molecule has 1 fully saturated rings. The number of nitro benzene ring substituents is 1. The van der Waals surface area contributed by atoms with Crippen LogP contribution in [0.1, 0.15) is 41.3 Å². The molecule has 166 valence electrons. The Morgan fingerprint density at radius 1 is 1.24 bits per heavy atom. The van der Waals surface area contributed by atoms with E-state index in [4.69, 9.17) is 10.8 Å². The van der Waals surface area contributed by atoms with Gasteiger partial charge in [-0.15, -0.1) is 4.59 Å². The molecule has 3 N–H and O–H groups in total. The van der Waals surface area contributed by atoms with Gasteiger partial charge < -0.3 is 5.11 Å². The Morgan fingerprint density at radius 3 is 2.64 bits per heavy atom. The van der Waals surface area contributed by atoms with Gasteiger partial charge in [-0.05, 0) is 31.9 Å². The third-order valence-corrected chi connectivity index (χ3v) is 6.31. The average Bonchev–Trinajstić information content (AvgIpc) is 3.09. The van der Waals surface area contributed by atoms with Gasteiger partial charge in [-0.25, -0.2) is 0 Å². The van der Waals surface area contributed by atoms with Gasteiger partial charge in [0, 0.05) is 17.5 Å². The second kappa shape index (κ2) is 7.38. The molecule has 0 aromatic heterocycles. The van der Waals surface area contributed by atoms with Crippen LogP contribution < -0.4 is 5.84 Å². The van der Waals surface area contributed by atoms with E-state index in [2.05, 4.69) is 4.99 Å². The number of benzene rings is 2. The van der Waals surface area contributed by atoms with E-state index in [1.54, 1.807) is 61.9 Å². The largest absolute Gasteiger partial charge is 0.390 e. The van der Waals surface area contributed by atoms with Crippen LogP contribution in [0.3, 0.4) is 0 Å². The molecule has 2 aromatic rings. The normalized spacial score (nSPS) is 27.7. The van der Waals surface area contributed by atoms with Crippen LogP contribution in [0, 0.1) is 16.0 Å². The van der Waals surface area contributed by atoms with E-state index < -0.39 is 16.3 Å². The quantitative estimate of drug-likeness (QED) is 0.240. The fraction of sp³-hybridized carbons (Fsp3) is 0.208. The van der Waals surface area contributed by atoms with E-state index in [0.29, 0.717) is 35.5 Å². The van der Waals surface area contributed by atoms with E-state index >= 15 is 0 Å². The van der Waals surface area contributed by atoms with Crippen molar-refractivity contribution in [3.8, 4) is 0 Å². The lowest BCUT2D eigenvalue weighted by Crippen LogP contribution is -2.53. The number of quaternary nitrogens is 1. The number of nitrogens with two attached hydrogens (primary N) is 1. The topological polar surface area (TPSA) is 131 Å². The number of carbonyl (C=O) groups excluding carboxylic acids is 1. The molecule has 2 heterocycles. The van der Waals surface area contributed by atoms with Gasteiger partial charge in [-0.2, -0.15) is 10.8 Å². The molecule has 9 heteroatoms. The van der Waals surface area contributed by atoms with Crippen LogP contribution in [-0.4, -0.2) is 38.1 Å². The van der Waals surface area contributed by atoms with Crippen molar-refractivity contribution < 1.29 is 19.4 Å². The van der Waals surface area contributed by atoms with Crippen LogP contribution in [0.2, 0.25) is 0 Å². The Kier molecular flexibility index (Phi) is 4.71. The maximum absolute atomic E-state index is 12.9. The highest BCUT2D eigenvalue weighted by atomic mass is 16.6. The molecule has 0 radical (unpaired) electrons. The Bertz CT molecular complexity index is 1300. The van der Waals surface area contributed by atoms with Crippen LogP contribution >= 0.6 is 0 Å². The summed E-state index contributed by atoms with van der Waals surface area (Å²) in [5, 5.41) is 22.1. The molecule has 0 spiro atoms. The first-order valence-electron chi connectivity index (χ1n) is 10.5. The molecule has 33 heavy (non-hydrogen) atoms. The highest BCUT2D eigenvalue weighted by Gasteiger charge is 2.50. The monoisotopic (exact) mass is 444 g/mol. The van der Waals surface area contributed by atoms with Crippen molar-refractivity contribution in [2.75, 3.05) is 0 Å². The standard InChI is InChI=1S/C24H22N5O4/c1-24(31)12-17(13-24)21-20-14-26-9-10-29(20,25)23(27-21)16-7-8-18(19(11-16)28(32)33)22(30)15-5-3-2-4-6-15/h2-11,14,17,31H,12-13,25H2,1H3/q+1. The molecule has 1 saturated carbocycles. The Hall–Kier alpha value is -3.79. The predicted octanol–water partition coefficient (Wildman–Crippen LogP) is 3.20. The molecule has 2 aliphatic heterocycles. The van der Waals surface area contributed by atoms with Gasteiger partial charge >= 0.3 is 0 Å². The Labute approximate surface area is 189 Å². The van der Waals surface area contributed by atoms with Crippen molar-refractivity contribution in [2.24, 2.45) is 21.7 Å². The minimum atomic E-state index is -0.749. The van der Waals surface area contributed by atoms with Crippen molar-refractivity contribution in [3.63, 3.8) is 0 Å². The molecule has 0 saturated heterocycles. The third-order valence-electron chi connectivity index (χ3n) is 6.31. The minimum absolute atomic E-state index is 0.00341. The van der Waals surface area contributed by atoms with E-state index in [1.165, 1.54) is 12.1 Å². The van der Waals surface area contributed by atoms with Crippen LogP contribution in [0.25, 0.3) is 0 Å². The first-order chi connectivity index (χ1) is 15.7. The fourth-order valence-electron chi connectivity index (χ4n) is 4.66. The van der Waals surface area contributed by atoms with E-state index in [0.717, 1.165) is 5.70 Å². The molecule has 1 aliphatic carbocycles. The van der Waals surface area contributed by atoms with E-state index in [1.807, 2.05) is 0 Å². The second-order valence-electron chi connectivity index (χ2n) is 8.85. The van der Waals surface area contributed by atoms with Gasteiger partial charge in [0.05, 0.1) is 28.5 Å². The summed E-state index contributed by atoms with van der Waals surface area (Å²) in [7, 11) is 0. The summed E-state index contributed by atoms with van der Waals surface area (Å²) in [4.78, 5) is 33.2. The summed E-state index contributed by atoms with van der Waals surface area (Å²) in [6.45, 7) is 1.78. The van der Waals surface area contributed by atoms with Crippen molar-refractivity contribution in [2.45, 2.75) is 25.4 Å². The van der Waals surface area contributed by atoms with Gasteiger partial charge in [0.25, 0.3) is 11.5 Å². The molecular formula is C24H22N5O4+. The van der Waals surface area contributed by atoms with Gasteiger partial charge in [-0.1, -0.05) is 30.3 Å². The summed E-state index contributed by atoms with van der Waals surface area (Å²) in [5.41, 5.74) is 1.13. The number of rotatable bonds is 5. The zero-order valence-corrected chi connectivity index (χ0v) is 17.9.